The van der Waals surface area contributed by atoms with Gasteiger partial charge in [-0.15, -0.1) is 0 Å². The molecule has 1 N–H and O–H groups in total. The van der Waals surface area contributed by atoms with Crippen molar-refractivity contribution in [3.8, 4) is 5.88 Å². The summed E-state index contributed by atoms with van der Waals surface area (Å²) in [6.45, 7) is 1.46. The Bertz CT molecular complexity index is 375. The average Bonchev–Trinajstić information content (AvgIpc) is 2.29. The van der Waals surface area contributed by atoms with Gasteiger partial charge in [0.15, 0.2) is 0 Å². The molecule has 0 bridgehead atoms. The summed E-state index contributed by atoms with van der Waals surface area (Å²) in [5.41, 5.74) is 0. The minimum absolute atomic E-state index is 0.285. The molecule has 1 aromatic rings. The number of hydrogen-bond acceptors (Lipinski definition) is 5. The molecule has 1 fully saturated rings. The first-order chi connectivity index (χ1) is 7.70. The topological polar surface area (TPSA) is 58.5 Å². The lowest BCUT2D eigenvalue weighted by molar-refractivity contribution is 0.153. The Hall–Kier alpha value is -0.880. The Morgan fingerprint density at radius 3 is 3.12 bits per heavy atom. The summed E-state index contributed by atoms with van der Waals surface area (Å²) in [6.07, 6.45) is 3.20. The van der Waals surface area contributed by atoms with Crippen LogP contribution in [0.4, 0.5) is 5.95 Å². The van der Waals surface area contributed by atoms with Crippen LogP contribution in [0, 0.1) is 0 Å². The molecule has 88 valence electrons. The van der Waals surface area contributed by atoms with E-state index in [0.29, 0.717) is 18.4 Å². The van der Waals surface area contributed by atoms with Gasteiger partial charge in [-0.3, -0.25) is 0 Å². The maximum absolute atomic E-state index is 9.58. The van der Waals surface area contributed by atoms with Gasteiger partial charge in [-0.2, -0.15) is 4.98 Å². The molecule has 0 amide bonds. The summed E-state index contributed by atoms with van der Waals surface area (Å²) in [7, 11) is 1.57. The van der Waals surface area contributed by atoms with Gasteiger partial charge in [0.2, 0.25) is 11.8 Å². The molecule has 0 aliphatic carbocycles. The lowest BCUT2D eigenvalue weighted by atomic mass is 10.1. The summed E-state index contributed by atoms with van der Waals surface area (Å²) < 4.78 is 5.85. The highest BCUT2D eigenvalue weighted by Crippen LogP contribution is 2.24. The van der Waals surface area contributed by atoms with Crippen molar-refractivity contribution in [3.63, 3.8) is 0 Å². The second kappa shape index (κ2) is 4.97. The van der Waals surface area contributed by atoms with Crippen LogP contribution < -0.4 is 9.64 Å². The van der Waals surface area contributed by atoms with Crippen LogP contribution in [0.25, 0.3) is 0 Å². The molecule has 1 unspecified atom stereocenters. The third-order valence-corrected chi connectivity index (χ3v) is 3.12. The van der Waals surface area contributed by atoms with Crippen molar-refractivity contribution in [1.82, 2.24) is 9.97 Å². The van der Waals surface area contributed by atoms with Gasteiger partial charge < -0.3 is 14.7 Å². The number of anilines is 1. The number of rotatable bonds is 2. The summed E-state index contributed by atoms with van der Waals surface area (Å²) in [5, 5.41) is 9.58. The number of hydrogen-bond donors (Lipinski definition) is 1. The molecule has 1 saturated heterocycles. The molecule has 5 nitrogen and oxygen atoms in total. The van der Waals surface area contributed by atoms with Crippen LogP contribution in [0.5, 0.6) is 5.88 Å². The van der Waals surface area contributed by atoms with E-state index in [1.54, 1.807) is 13.3 Å². The molecule has 1 aliphatic heterocycles. The highest BCUT2D eigenvalue weighted by Gasteiger charge is 2.20. The zero-order valence-electron chi connectivity index (χ0n) is 9.06. The quantitative estimate of drug-likeness (QED) is 0.886. The summed E-state index contributed by atoms with van der Waals surface area (Å²) >= 11 is 3.31. The van der Waals surface area contributed by atoms with Crippen molar-refractivity contribution >= 4 is 21.9 Å². The SMILES string of the molecule is COc1nc(N2CCCC(O)C2)ncc1Br. The molecule has 0 aromatic carbocycles. The summed E-state index contributed by atoms with van der Waals surface area (Å²) in [6, 6.07) is 0. The Morgan fingerprint density at radius 2 is 2.44 bits per heavy atom. The summed E-state index contributed by atoms with van der Waals surface area (Å²) in [5.74, 6) is 1.13. The fourth-order valence-corrected chi connectivity index (χ4v) is 2.13. The van der Waals surface area contributed by atoms with Crippen molar-refractivity contribution < 1.29 is 9.84 Å². The van der Waals surface area contributed by atoms with Gasteiger partial charge in [-0.1, -0.05) is 0 Å². The second-order valence-electron chi connectivity index (χ2n) is 3.77. The maximum Gasteiger partial charge on any atom is 0.232 e. The highest BCUT2D eigenvalue weighted by atomic mass is 79.9. The molecular weight excluding hydrogens is 274 g/mol. The monoisotopic (exact) mass is 287 g/mol. The molecule has 2 heterocycles. The van der Waals surface area contributed by atoms with E-state index in [-0.39, 0.29) is 6.10 Å². The predicted octanol–water partition coefficient (Wildman–Crippen LogP) is 1.21. The number of piperidine rings is 1. The van der Waals surface area contributed by atoms with E-state index in [9.17, 15) is 5.11 Å². The van der Waals surface area contributed by atoms with Crippen molar-refractivity contribution in [2.75, 3.05) is 25.1 Å². The Labute approximate surface area is 103 Å². The van der Waals surface area contributed by atoms with E-state index in [1.165, 1.54) is 0 Å². The van der Waals surface area contributed by atoms with Gasteiger partial charge in [0, 0.05) is 13.1 Å². The number of aromatic nitrogens is 2. The molecule has 1 atom stereocenters. The molecule has 0 saturated carbocycles. The van der Waals surface area contributed by atoms with E-state index in [4.69, 9.17) is 4.74 Å². The van der Waals surface area contributed by atoms with Crippen LogP contribution >= 0.6 is 15.9 Å². The standard InChI is InChI=1S/C10H14BrN3O2/c1-16-9-8(11)5-12-10(13-9)14-4-2-3-7(15)6-14/h5,7,15H,2-4,6H2,1H3. The highest BCUT2D eigenvalue weighted by molar-refractivity contribution is 9.10. The number of β-amino-alcohol motifs (C(OH)–C–C–N with tert-alkyl or cyclic N) is 1. The van der Waals surface area contributed by atoms with E-state index >= 15 is 0 Å². The van der Waals surface area contributed by atoms with Gasteiger partial charge in [0.25, 0.3) is 0 Å². The predicted molar refractivity (Wildman–Crippen MR) is 63.7 cm³/mol. The molecule has 6 heteroatoms. The van der Waals surface area contributed by atoms with Crippen LogP contribution in [-0.2, 0) is 0 Å². The molecule has 0 radical (unpaired) electrons. The van der Waals surface area contributed by atoms with Crippen molar-refractivity contribution in [2.45, 2.75) is 18.9 Å². The molecular formula is C10H14BrN3O2. The average molecular weight is 288 g/mol. The number of nitrogens with zero attached hydrogens (tertiary/aromatic N) is 3. The minimum atomic E-state index is -0.285. The van der Waals surface area contributed by atoms with E-state index in [2.05, 4.69) is 25.9 Å². The Morgan fingerprint density at radius 1 is 1.62 bits per heavy atom. The van der Waals surface area contributed by atoms with Gasteiger partial charge in [-0.25, -0.2) is 4.98 Å². The van der Waals surface area contributed by atoms with Gasteiger partial charge in [0.05, 0.1) is 23.9 Å². The normalized spacial score (nSPS) is 20.9. The summed E-state index contributed by atoms with van der Waals surface area (Å²) in [4.78, 5) is 10.5. The lowest BCUT2D eigenvalue weighted by Crippen LogP contribution is -2.39. The second-order valence-corrected chi connectivity index (χ2v) is 4.62. The largest absolute Gasteiger partial charge is 0.480 e. The zero-order valence-corrected chi connectivity index (χ0v) is 10.6. The molecule has 16 heavy (non-hydrogen) atoms. The molecule has 1 aliphatic rings. The third kappa shape index (κ3) is 2.44. The Balaban J connectivity index is 2.19. The lowest BCUT2D eigenvalue weighted by Gasteiger charge is -2.30. The fourth-order valence-electron chi connectivity index (χ4n) is 1.77. The first-order valence-electron chi connectivity index (χ1n) is 5.20. The Kier molecular flexibility index (Phi) is 3.60. The van der Waals surface area contributed by atoms with Crippen LogP contribution in [0.1, 0.15) is 12.8 Å². The van der Waals surface area contributed by atoms with Crippen molar-refractivity contribution in [3.05, 3.63) is 10.7 Å². The number of aliphatic hydroxyl groups is 1. The van der Waals surface area contributed by atoms with Crippen LogP contribution in [-0.4, -0.2) is 41.4 Å². The van der Waals surface area contributed by atoms with E-state index < -0.39 is 0 Å². The smallest absolute Gasteiger partial charge is 0.232 e. The van der Waals surface area contributed by atoms with E-state index in [0.717, 1.165) is 23.9 Å². The van der Waals surface area contributed by atoms with Crippen LogP contribution in [0.3, 0.4) is 0 Å². The molecule has 0 spiro atoms. The first kappa shape index (κ1) is 11.6. The van der Waals surface area contributed by atoms with Crippen LogP contribution in [0.15, 0.2) is 10.7 Å². The fraction of sp³-hybridized carbons (Fsp3) is 0.600. The number of halogens is 1. The number of ether oxygens (including phenoxy) is 1. The van der Waals surface area contributed by atoms with Gasteiger partial charge >= 0.3 is 0 Å². The van der Waals surface area contributed by atoms with Crippen molar-refractivity contribution in [2.24, 2.45) is 0 Å². The third-order valence-electron chi connectivity index (χ3n) is 2.57. The molecule has 1 aromatic heterocycles. The maximum atomic E-state index is 9.58. The van der Waals surface area contributed by atoms with Gasteiger partial charge in [-0.05, 0) is 28.8 Å². The number of aliphatic hydroxyl groups excluding tert-OH is 1. The van der Waals surface area contributed by atoms with Crippen molar-refractivity contribution in [1.29, 1.82) is 0 Å². The zero-order chi connectivity index (χ0) is 11.5. The first-order valence-corrected chi connectivity index (χ1v) is 5.99. The van der Waals surface area contributed by atoms with Crippen LogP contribution in [0.2, 0.25) is 0 Å². The van der Waals surface area contributed by atoms with E-state index in [1.807, 2.05) is 4.90 Å². The molecule has 2 rings (SSSR count). The number of methoxy groups -OCH3 is 1. The van der Waals surface area contributed by atoms with Gasteiger partial charge in [0.1, 0.15) is 0 Å². The minimum Gasteiger partial charge on any atom is -0.480 e.